The van der Waals surface area contributed by atoms with Gasteiger partial charge in [0, 0.05) is 19.0 Å². The Morgan fingerprint density at radius 3 is 3.06 bits per heavy atom. The number of guanidine groups is 1. The lowest BCUT2D eigenvalue weighted by molar-refractivity contribution is 0.735. The molecular formula is C12H21N3S. The lowest BCUT2D eigenvalue weighted by Crippen LogP contribution is -2.32. The first-order chi connectivity index (χ1) is 7.74. The van der Waals surface area contributed by atoms with Gasteiger partial charge in [0.1, 0.15) is 0 Å². The number of nitrogens with one attached hydrogen (secondary N) is 1. The summed E-state index contributed by atoms with van der Waals surface area (Å²) in [7, 11) is 0. The van der Waals surface area contributed by atoms with Crippen molar-refractivity contribution in [3.63, 3.8) is 0 Å². The van der Waals surface area contributed by atoms with E-state index in [2.05, 4.69) is 41.0 Å². The lowest BCUT2D eigenvalue weighted by atomic mass is 10.1. The zero-order valence-electron chi connectivity index (χ0n) is 10.1. The van der Waals surface area contributed by atoms with Gasteiger partial charge in [0.15, 0.2) is 5.96 Å². The molecular weight excluding hydrogens is 218 g/mol. The van der Waals surface area contributed by atoms with Crippen LogP contribution in [0.25, 0.3) is 0 Å². The third kappa shape index (κ3) is 4.66. The number of unbranched alkanes of at least 4 members (excludes halogenated alkanes) is 1. The summed E-state index contributed by atoms with van der Waals surface area (Å²) in [5, 5.41) is 7.38. The van der Waals surface area contributed by atoms with Gasteiger partial charge in [-0.1, -0.05) is 20.3 Å². The molecule has 3 N–H and O–H groups in total. The number of nitrogens with zero attached hydrogens (tertiary/aromatic N) is 1. The molecule has 0 bridgehead atoms. The van der Waals surface area contributed by atoms with Crippen LogP contribution in [0, 0.1) is 0 Å². The molecule has 0 aliphatic heterocycles. The molecule has 0 radical (unpaired) electrons. The van der Waals surface area contributed by atoms with Gasteiger partial charge in [-0.2, -0.15) is 11.3 Å². The molecule has 1 atom stereocenters. The van der Waals surface area contributed by atoms with Gasteiger partial charge in [0.25, 0.3) is 0 Å². The summed E-state index contributed by atoms with van der Waals surface area (Å²) in [6.45, 7) is 6.00. The van der Waals surface area contributed by atoms with Crippen molar-refractivity contribution >= 4 is 17.3 Å². The second-order valence-corrected chi connectivity index (χ2v) is 4.74. The molecule has 1 rings (SSSR count). The van der Waals surface area contributed by atoms with E-state index in [-0.39, 0.29) is 0 Å². The van der Waals surface area contributed by atoms with Gasteiger partial charge in [-0.05, 0) is 28.8 Å². The molecule has 0 aliphatic carbocycles. The van der Waals surface area contributed by atoms with E-state index in [1.807, 2.05) is 0 Å². The molecule has 0 spiro atoms. The van der Waals surface area contributed by atoms with Crippen LogP contribution < -0.4 is 11.1 Å². The van der Waals surface area contributed by atoms with Gasteiger partial charge >= 0.3 is 0 Å². The smallest absolute Gasteiger partial charge is 0.188 e. The van der Waals surface area contributed by atoms with Crippen LogP contribution in [0.1, 0.15) is 38.2 Å². The summed E-state index contributed by atoms with van der Waals surface area (Å²) in [6.07, 6.45) is 2.31. The van der Waals surface area contributed by atoms with Crippen molar-refractivity contribution in [2.45, 2.75) is 32.6 Å². The van der Waals surface area contributed by atoms with Crippen molar-refractivity contribution in [1.29, 1.82) is 0 Å². The molecule has 1 unspecified atom stereocenters. The van der Waals surface area contributed by atoms with E-state index >= 15 is 0 Å². The number of rotatable bonds is 6. The first-order valence-electron chi connectivity index (χ1n) is 5.80. The second kappa shape index (κ2) is 7.28. The Bertz CT molecular complexity index is 306. The third-order valence-electron chi connectivity index (χ3n) is 2.48. The van der Waals surface area contributed by atoms with Crippen molar-refractivity contribution in [2.75, 3.05) is 13.1 Å². The minimum absolute atomic E-state index is 0.442. The van der Waals surface area contributed by atoms with Crippen molar-refractivity contribution < 1.29 is 0 Å². The molecule has 0 saturated heterocycles. The summed E-state index contributed by atoms with van der Waals surface area (Å²) in [4.78, 5) is 4.34. The number of thiophene rings is 1. The lowest BCUT2D eigenvalue weighted by Gasteiger charge is -2.08. The van der Waals surface area contributed by atoms with Crippen LogP contribution in [0.4, 0.5) is 0 Å². The van der Waals surface area contributed by atoms with Crippen molar-refractivity contribution in [1.82, 2.24) is 5.32 Å². The summed E-state index contributed by atoms with van der Waals surface area (Å²) >= 11 is 1.72. The number of aliphatic imine (C=N–C) groups is 1. The van der Waals surface area contributed by atoms with Gasteiger partial charge in [-0.15, -0.1) is 0 Å². The molecule has 0 amide bonds. The Morgan fingerprint density at radius 1 is 1.62 bits per heavy atom. The molecule has 0 aromatic carbocycles. The topological polar surface area (TPSA) is 50.4 Å². The minimum Gasteiger partial charge on any atom is -0.370 e. The van der Waals surface area contributed by atoms with Crippen LogP contribution in [0.2, 0.25) is 0 Å². The average molecular weight is 239 g/mol. The number of hydrogen-bond donors (Lipinski definition) is 2. The predicted molar refractivity (Wildman–Crippen MR) is 72.1 cm³/mol. The average Bonchev–Trinajstić information content (AvgIpc) is 2.79. The molecule has 4 heteroatoms. The molecule has 0 aliphatic rings. The van der Waals surface area contributed by atoms with Crippen molar-refractivity contribution in [3.05, 3.63) is 22.4 Å². The maximum absolute atomic E-state index is 5.76. The molecule has 1 aromatic rings. The van der Waals surface area contributed by atoms with Crippen LogP contribution in [0.3, 0.4) is 0 Å². The molecule has 1 aromatic heterocycles. The molecule has 3 nitrogen and oxygen atoms in total. The fraction of sp³-hybridized carbons (Fsp3) is 0.583. The number of nitrogens with two attached hydrogens (primary N) is 1. The minimum atomic E-state index is 0.442. The van der Waals surface area contributed by atoms with E-state index in [4.69, 9.17) is 5.73 Å². The van der Waals surface area contributed by atoms with E-state index in [1.165, 1.54) is 12.0 Å². The van der Waals surface area contributed by atoms with Crippen LogP contribution in [0.5, 0.6) is 0 Å². The molecule has 0 saturated carbocycles. The Labute approximate surface area is 102 Å². The summed E-state index contributed by atoms with van der Waals surface area (Å²) in [5.41, 5.74) is 7.10. The van der Waals surface area contributed by atoms with Crippen LogP contribution in [-0.2, 0) is 0 Å². The highest BCUT2D eigenvalue weighted by molar-refractivity contribution is 7.07. The van der Waals surface area contributed by atoms with E-state index in [0.717, 1.165) is 19.5 Å². The van der Waals surface area contributed by atoms with Gasteiger partial charge in [-0.25, -0.2) is 0 Å². The van der Waals surface area contributed by atoms with Crippen molar-refractivity contribution in [2.24, 2.45) is 10.7 Å². The normalized spacial score (nSPS) is 13.8. The summed E-state index contributed by atoms with van der Waals surface area (Å²) < 4.78 is 0. The van der Waals surface area contributed by atoms with E-state index in [9.17, 15) is 0 Å². The standard InChI is InChI=1S/C12H21N3S/c1-3-4-6-14-12(13)15-8-10(2)11-5-7-16-9-11/h5,7,9-10H,3-4,6,8H2,1-2H3,(H3,13,14,15). The Kier molecular flexibility index (Phi) is 5.93. The van der Waals surface area contributed by atoms with Gasteiger partial charge < -0.3 is 11.1 Å². The predicted octanol–water partition coefficient (Wildman–Crippen LogP) is 2.56. The Morgan fingerprint density at radius 2 is 2.44 bits per heavy atom. The maximum atomic E-state index is 5.76. The monoisotopic (exact) mass is 239 g/mol. The van der Waals surface area contributed by atoms with Crippen LogP contribution in [-0.4, -0.2) is 19.0 Å². The van der Waals surface area contributed by atoms with Crippen molar-refractivity contribution in [3.8, 4) is 0 Å². The van der Waals surface area contributed by atoms with Gasteiger partial charge in [-0.3, -0.25) is 4.99 Å². The van der Waals surface area contributed by atoms with Gasteiger partial charge in [0.05, 0.1) is 0 Å². The molecule has 90 valence electrons. The largest absolute Gasteiger partial charge is 0.370 e. The third-order valence-corrected chi connectivity index (χ3v) is 3.19. The summed E-state index contributed by atoms with van der Waals surface area (Å²) in [6, 6.07) is 2.14. The highest BCUT2D eigenvalue weighted by Gasteiger charge is 2.04. The van der Waals surface area contributed by atoms with Gasteiger partial charge in [0.2, 0.25) is 0 Å². The molecule has 0 fully saturated rings. The molecule has 1 heterocycles. The molecule has 16 heavy (non-hydrogen) atoms. The fourth-order valence-electron chi connectivity index (χ4n) is 1.35. The summed E-state index contributed by atoms with van der Waals surface area (Å²) in [5.74, 6) is 1.01. The second-order valence-electron chi connectivity index (χ2n) is 3.96. The quantitative estimate of drug-likeness (QED) is 0.455. The fourth-order valence-corrected chi connectivity index (χ4v) is 2.13. The van der Waals surface area contributed by atoms with E-state index in [1.54, 1.807) is 11.3 Å². The zero-order chi connectivity index (χ0) is 11.8. The van der Waals surface area contributed by atoms with E-state index in [0.29, 0.717) is 11.9 Å². The maximum Gasteiger partial charge on any atom is 0.188 e. The number of hydrogen-bond acceptors (Lipinski definition) is 2. The van der Waals surface area contributed by atoms with Crippen LogP contribution in [0.15, 0.2) is 21.8 Å². The Hall–Kier alpha value is -1.03. The van der Waals surface area contributed by atoms with Crippen LogP contribution >= 0.6 is 11.3 Å². The highest BCUT2D eigenvalue weighted by atomic mass is 32.1. The SMILES string of the molecule is CCCCNC(N)=NCC(C)c1ccsc1. The zero-order valence-corrected chi connectivity index (χ0v) is 10.9. The Balaban J connectivity index is 2.29. The van der Waals surface area contributed by atoms with E-state index < -0.39 is 0 Å². The first-order valence-corrected chi connectivity index (χ1v) is 6.74. The highest BCUT2D eigenvalue weighted by Crippen LogP contribution is 2.17. The first kappa shape index (κ1) is 13.0.